The number of halogens is 2. The van der Waals surface area contributed by atoms with E-state index >= 15 is 0 Å². The Morgan fingerprint density at radius 1 is 1.12 bits per heavy atom. The van der Waals surface area contributed by atoms with E-state index in [0.717, 1.165) is 5.56 Å². The maximum atomic E-state index is 11.6. The predicted octanol–water partition coefficient (Wildman–Crippen LogP) is 4.76. The number of fused-ring (bicyclic) bond motifs is 1. The number of rotatable bonds is 4. The molecule has 2 aromatic carbocycles. The summed E-state index contributed by atoms with van der Waals surface area (Å²) < 4.78 is 0. The van der Waals surface area contributed by atoms with Gasteiger partial charge >= 0.3 is 11.9 Å². The maximum Gasteiger partial charge on any atom is 0.339 e. The van der Waals surface area contributed by atoms with Crippen LogP contribution < -0.4 is 5.32 Å². The lowest BCUT2D eigenvalue weighted by Crippen LogP contribution is -2.06. The zero-order valence-corrected chi connectivity index (χ0v) is 15.1. The molecule has 0 atom stereocenters. The summed E-state index contributed by atoms with van der Waals surface area (Å²) in [5, 5.41) is 22.7. The van der Waals surface area contributed by atoms with Crippen molar-refractivity contribution in [3.8, 4) is 0 Å². The van der Waals surface area contributed by atoms with Crippen molar-refractivity contribution in [2.45, 2.75) is 6.92 Å². The molecule has 0 bridgehead atoms. The Labute approximate surface area is 159 Å². The Balaban J connectivity index is 0.00000243. The average Bonchev–Trinajstić information content (AvgIpc) is 2.58. The molecule has 1 aromatic heterocycles. The predicted molar refractivity (Wildman–Crippen MR) is 102 cm³/mol. The van der Waals surface area contributed by atoms with Crippen molar-refractivity contribution in [2.75, 3.05) is 5.32 Å². The first-order valence-electron chi connectivity index (χ1n) is 7.30. The summed E-state index contributed by atoms with van der Waals surface area (Å²) in [4.78, 5) is 26.9. The van der Waals surface area contributed by atoms with E-state index in [2.05, 4.69) is 10.3 Å². The summed E-state index contributed by atoms with van der Waals surface area (Å²) in [6, 6.07) is 9.49. The third kappa shape index (κ3) is 3.56. The van der Waals surface area contributed by atoms with Gasteiger partial charge in [0.05, 0.1) is 16.8 Å². The number of nitrogens with one attached hydrogen (secondary N) is 1. The highest BCUT2D eigenvalue weighted by Gasteiger charge is 2.17. The van der Waals surface area contributed by atoms with Gasteiger partial charge in [0.25, 0.3) is 0 Å². The molecule has 3 rings (SSSR count). The topological polar surface area (TPSA) is 99.5 Å². The Hall–Kier alpha value is -2.83. The molecule has 26 heavy (non-hydrogen) atoms. The van der Waals surface area contributed by atoms with Crippen LogP contribution in [0.2, 0.25) is 5.02 Å². The van der Waals surface area contributed by atoms with Crippen molar-refractivity contribution in [2.24, 2.45) is 0 Å². The van der Waals surface area contributed by atoms with Crippen LogP contribution in [0.25, 0.3) is 10.9 Å². The van der Waals surface area contributed by atoms with Crippen LogP contribution in [-0.4, -0.2) is 27.1 Å². The van der Waals surface area contributed by atoms with Gasteiger partial charge in [-0.1, -0.05) is 17.7 Å². The molecule has 0 saturated heterocycles. The second-order valence-electron chi connectivity index (χ2n) is 5.43. The Morgan fingerprint density at radius 2 is 1.85 bits per heavy atom. The number of nitrogens with zero attached hydrogens (tertiary/aromatic N) is 1. The van der Waals surface area contributed by atoms with Crippen molar-refractivity contribution in [3.63, 3.8) is 0 Å². The molecule has 0 spiro atoms. The van der Waals surface area contributed by atoms with Crippen LogP contribution in [0, 0.1) is 6.92 Å². The Kier molecular flexibility index (Phi) is 5.69. The molecular weight excluding hydrogens is 379 g/mol. The molecule has 0 aliphatic carbocycles. The van der Waals surface area contributed by atoms with Crippen molar-refractivity contribution in [1.29, 1.82) is 0 Å². The summed E-state index contributed by atoms with van der Waals surface area (Å²) in [6.45, 7) is 1.80. The van der Waals surface area contributed by atoms with Gasteiger partial charge in [0.1, 0.15) is 5.56 Å². The molecule has 0 unspecified atom stereocenters. The number of benzene rings is 2. The highest BCUT2D eigenvalue weighted by molar-refractivity contribution is 6.32. The summed E-state index contributed by atoms with van der Waals surface area (Å²) in [5.74, 6) is -2.21. The highest BCUT2D eigenvalue weighted by Crippen LogP contribution is 2.33. The van der Waals surface area contributed by atoms with E-state index in [1.165, 1.54) is 18.3 Å². The zero-order chi connectivity index (χ0) is 18.1. The van der Waals surface area contributed by atoms with Gasteiger partial charge in [-0.05, 0) is 42.8 Å². The molecule has 3 aromatic rings. The van der Waals surface area contributed by atoms with E-state index in [9.17, 15) is 14.7 Å². The van der Waals surface area contributed by atoms with Crippen LogP contribution in [-0.2, 0) is 0 Å². The largest absolute Gasteiger partial charge is 0.478 e. The minimum atomic E-state index is -1.14. The van der Waals surface area contributed by atoms with Gasteiger partial charge < -0.3 is 15.5 Å². The van der Waals surface area contributed by atoms with Crippen molar-refractivity contribution in [3.05, 3.63) is 64.3 Å². The zero-order valence-electron chi connectivity index (χ0n) is 13.5. The van der Waals surface area contributed by atoms with Crippen LogP contribution in [0.15, 0.2) is 42.6 Å². The van der Waals surface area contributed by atoms with Gasteiger partial charge in [-0.3, -0.25) is 4.98 Å². The fourth-order valence-electron chi connectivity index (χ4n) is 2.55. The second-order valence-corrected chi connectivity index (χ2v) is 5.84. The van der Waals surface area contributed by atoms with E-state index in [1.807, 2.05) is 0 Å². The van der Waals surface area contributed by atoms with Crippen LogP contribution in [0.5, 0.6) is 0 Å². The van der Waals surface area contributed by atoms with Crippen LogP contribution in [0.4, 0.5) is 11.4 Å². The van der Waals surface area contributed by atoms with Crippen molar-refractivity contribution >= 4 is 58.2 Å². The number of anilines is 2. The number of carbonyl (C=O) groups is 2. The van der Waals surface area contributed by atoms with Crippen LogP contribution in [0.1, 0.15) is 26.3 Å². The number of aromatic carboxylic acids is 2. The number of aryl methyl sites for hydroxylation is 1. The van der Waals surface area contributed by atoms with Gasteiger partial charge in [-0.25, -0.2) is 9.59 Å². The third-order valence-electron chi connectivity index (χ3n) is 3.84. The molecule has 1 heterocycles. The number of carboxylic acids is 2. The minimum absolute atomic E-state index is 0. The third-order valence-corrected chi connectivity index (χ3v) is 4.25. The smallest absolute Gasteiger partial charge is 0.339 e. The van der Waals surface area contributed by atoms with Gasteiger partial charge in [-0.15, -0.1) is 12.4 Å². The van der Waals surface area contributed by atoms with Gasteiger partial charge in [-0.2, -0.15) is 0 Å². The molecule has 0 aliphatic rings. The number of pyridine rings is 1. The standard InChI is InChI=1S/C18H13ClN2O4.ClH/c1-9-14(19)6-5-12-15(9)20-8-13(18(24)25)16(12)21-11-4-2-3-10(7-11)17(22)23;/h2-8H,1H3,(H,20,21)(H,22,23)(H,24,25);1H. The summed E-state index contributed by atoms with van der Waals surface area (Å²) in [7, 11) is 0. The van der Waals surface area contributed by atoms with E-state index < -0.39 is 11.9 Å². The van der Waals surface area contributed by atoms with Gasteiger partial charge in [0.2, 0.25) is 0 Å². The summed E-state index contributed by atoms with van der Waals surface area (Å²) in [5.41, 5.74) is 2.18. The Bertz CT molecular complexity index is 1020. The lowest BCUT2D eigenvalue weighted by Gasteiger charge is -2.14. The minimum Gasteiger partial charge on any atom is -0.478 e. The molecule has 0 fully saturated rings. The second kappa shape index (κ2) is 7.59. The SMILES string of the molecule is Cc1c(Cl)ccc2c(Nc3cccc(C(=O)O)c3)c(C(=O)O)cnc12.Cl. The van der Waals surface area contributed by atoms with E-state index in [4.69, 9.17) is 16.7 Å². The van der Waals surface area contributed by atoms with Gasteiger partial charge in [0.15, 0.2) is 0 Å². The van der Waals surface area contributed by atoms with Crippen molar-refractivity contribution in [1.82, 2.24) is 4.98 Å². The van der Waals surface area contributed by atoms with E-state index in [-0.39, 0.29) is 23.5 Å². The number of hydrogen-bond donors (Lipinski definition) is 3. The van der Waals surface area contributed by atoms with Crippen molar-refractivity contribution < 1.29 is 19.8 Å². The molecule has 134 valence electrons. The summed E-state index contributed by atoms with van der Waals surface area (Å²) >= 11 is 6.12. The van der Waals surface area contributed by atoms with Crippen LogP contribution >= 0.6 is 24.0 Å². The molecule has 8 heteroatoms. The lowest BCUT2D eigenvalue weighted by molar-refractivity contribution is 0.0686. The van der Waals surface area contributed by atoms with E-state index in [1.54, 1.807) is 31.2 Å². The molecule has 6 nitrogen and oxygen atoms in total. The van der Waals surface area contributed by atoms with Crippen LogP contribution in [0.3, 0.4) is 0 Å². The normalized spacial score (nSPS) is 10.2. The molecule has 0 radical (unpaired) electrons. The number of aromatic nitrogens is 1. The van der Waals surface area contributed by atoms with E-state index in [0.29, 0.717) is 27.3 Å². The number of hydrogen-bond acceptors (Lipinski definition) is 4. The summed E-state index contributed by atoms with van der Waals surface area (Å²) in [6.07, 6.45) is 1.26. The molecule has 0 saturated carbocycles. The monoisotopic (exact) mass is 392 g/mol. The average molecular weight is 393 g/mol. The molecule has 0 amide bonds. The fourth-order valence-corrected chi connectivity index (χ4v) is 2.71. The molecule has 3 N–H and O–H groups in total. The molecular formula is C18H14Cl2N2O4. The maximum absolute atomic E-state index is 11.6. The lowest BCUT2D eigenvalue weighted by atomic mass is 10.1. The highest BCUT2D eigenvalue weighted by atomic mass is 35.5. The van der Waals surface area contributed by atoms with Gasteiger partial charge in [0, 0.05) is 22.3 Å². The molecule has 0 aliphatic heterocycles. The quantitative estimate of drug-likeness (QED) is 0.591. The first kappa shape index (κ1) is 19.5. The first-order valence-corrected chi connectivity index (χ1v) is 7.67. The fraction of sp³-hybridized carbons (Fsp3) is 0.0556. The number of carboxylic acid groups (broad SMARTS) is 2. The Morgan fingerprint density at radius 3 is 2.50 bits per heavy atom. The first-order chi connectivity index (χ1) is 11.9.